The maximum Gasteiger partial charge on any atom is 0.417 e. The lowest BCUT2D eigenvalue weighted by Gasteiger charge is -2.15. The van der Waals surface area contributed by atoms with Crippen LogP contribution in [-0.4, -0.2) is 30.6 Å². The van der Waals surface area contributed by atoms with Crippen LogP contribution in [0.3, 0.4) is 0 Å². The minimum absolute atomic E-state index is 0.103. The van der Waals surface area contributed by atoms with E-state index in [0.717, 1.165) is 6.07 Å². The van der Waals surface area contributed by atoms with Crippen molar-refractivity contribution in [2.75, 3.05) is 5.32 Å². The fraction of sp³-hybridized carbons (Fsp3) is 0.179. The van der Waals surface area contributed by atoms with Gasteiger partial charge in [-0.05, 0) is 42.0 Å². The highest BCUT2D eigenvalue weighted by atomic mass is 19.4. The number of para-hydroxylation sites is 1. The lowest BCUT2D eigenvalue weighted by atomic mass is 10.0. The number of nitrogens with one attached hydrogen (secondary N) is 1. The van der Waals surface area contributed by atoms with Crippen molar-refractivity contribution in [3.05, 3.63) is 95.7 Å². The van der Waals surface area contributed by atoms with Crippen molar-refractivity contribution in [3.8, 4) is 17.1 Å². The molecule has 0 spiro atoms. The Balaban J connectivity index is 0.00000118. The van der Waals surface area contributed by atoms with E-state index in [1.54, 1.807) is 36.4 Å². The molecule has 5 aromatic rings. The molecule has 12 heteroatoms. The summed E-state index contributed by atoms with van der Waals surface area (Å²) in [5, 5.41) is 7.06. The summed E-state index contributed by atoms with van der Waals surface area (Å²) in [7, 11) is 0. The Bertz CT molecular complexity index is 1620. The highest BCUT2D eigenvalue weighted by Crippen LogP contribution is 2.37. The number of carbonyl (C=O) groups excluding carboxylic acids is 1. The van der Waals surface area contributed by atoms with E-state index in [1.807, 2.05) is 0 Å². The smallest absolute Gasteiger partial charge is 0.326 e. The number of carbonyl (C=O) groups is 1. The largest absolute Gasteiger partial charge is 0.417 e. The van der Waals surface area contributed by atoms with Gasteiger partial charge in [-0.25, -0.2) is 19.0 Å². The van der Waals surface area contributed by atoms with E-state index in [4.69, 9.17) is 5.73 Å². The molecule has 0 fully saturated rings. The van der Waals surface area contributed by atoms with Gasteiger partial charge in [0.05, 0.1) is 16.8 Å². The van der Waals surface area contributed by atoms with E-state index in [2.05, 4.69) is 39.2 Å². The standard InChI is InChI=1S/C25H17F4N7O.C3H8/c26-19-11-18(25(27,28)29)16(22-31-7-4-8-32-22)10-17(19)24(37)34-23-21-20(9-14(12-30)13-33-21)35-36(23)15-5-2-1-3-6-15;1-3-2/h1-11,13H,12,30H2,(H,34,37);3H2,1-2H3. The minimum atomic E-state index is -4.91. The van der Waals surface area contributed by atoms with Gasteiger partial charge in [0, 0.05) is 30.7 Å². The fourth-order valence-electron chi connectivity index (χ4n) is 3.77. The quantitative estimate of drug-likeness (QED) is 0.253. The first kappa shape index (κ1) is 28.3. The molecule has 3 heterocycles. The molecule has 0 aliphatic carbocycles. The van der Waals surface area contributed by atoms with Crippen LogP contribution >= 0.6 is 0 Å². The Hall–Kier alpha value is -4.71. The van der Waals surface area contributed by atoms with Crippen LogP contribution in [0, 0.1) is 5.82 Å². The van der Waals surface area contributed by atoms with Gasteiger partial charge in [-0.1, -0.05) is 38.5 Å². The zero-order chi connectivity index (χ0) is 28.9. The number of aromatic nitrogens is 5. The molecule has 0 aliphatic rings. The van der Waals surface area contributed by atoms with Gasteiger partial charge in [0.1, 0.15) is 16.9 Å². The van der Waals surface area contributed by atoms with Crippen molar-refractivity contribution < 1.29 is 22.4 Å². The van der Waals surface area contributed by atoms with Crippen LogP contribution in [0.1, 0.15) is 41.8 Å². The normalized spacial score (nSPS) is 11.2. The summed E-state index contributed by atoms with van der Waals surface area (Å²) in [6.07, 6.45) is 0.352. The molecule has 2 aromatic carbocycles. The number of amides is 1. The number of benzene rings is 2. The average molecular weight is 552 g/mol. The van der Waals surface area contributed by atoms with Gasteiger partial charge >= 0.3 is 6.18 Å². The number of hydrogen-bond acceptors (Lipinski definition) is 6. The molecule has 0 radical (unpaired) electrons. The molecule has 0 saturated carbocycles. The van der Waals surface area contributed by atoms with Crippen LogP contribution in [0.25, 0.3) is 28.1 Å². The van der Waals surface area contributed by atoms with E-state index in [0.29, 0.717) is 16.8 Å². The summed E-state index contributed by atoms with van der Waals surface area (Å²) in [6, 6.07) is 12.9. The summed E-state index contributed by atoms with van der Waals surface area (Å²) >= 11 is 0. The third-order valence-electron chi connectivity index (χ3n) is 5.50. The van der Waals surface area contributed by atoms with Crippen molar-refractivity contribution in [1.82, 2.24) is 24.7 Å². The van der Waals surface area contributed by atoms with Crippen molar-refractivity contribution in [1.29, 1.82) is 0 Å². The van der Waals surface area contributed by atoms with Crippen LogP contribution in [0.2, 0.25) is 0 Å². The Morgan fingerprint density at radius 3 is 2.30 bits per heavy atom. The molecule has 0 unspecified atom stereocenters. The lowest BCUT2D eigenvalue weighted by molar-refractivity contribution is -0.137. The van der Waals surface area contributed by atoms with Crippen LogP contribution in [0.4, 0.5) is 23.4 Å². The number of nitrogens with zero attached hydrogens (tertiary/aromatic N) is 5. The first-order valence-corrected chi connectivity index (χ1v) is 12.3. The van der Waals surface area contributed by atoms with E-state index in [9.17, 15) is 22.4 Å². The van der Waals surface area contributed by atoms with Crippen molar-refractivity contribution in [2.24, 2.45) is 5.73 Å². The fourth-order valence-corrected chi connectivity index (χ4v) is 3.77. The van der Waals surface area contributed by atoms with Crippen molar-refractivity contribution in [2.45, 2.75) is 33.0 Å². The maximum atomic E-state index is 14.9. The van der Waals surface area contributed by atoms with Crippen molar-refractivity contribution in [3.63, 3.8) is 0 Å². The predicted octanol–water partition coefficient (Wildman–Crippen LogP) is 6.16. The third-order valence-corrected chi connectivity index (χ3v) is 5.50. The maximum absolute atomic E-state index is 14.9. The van der Waals surface area contributed by atoms with Gasteiger partial charge < -0.3 is 11.1 Å². The second-order valence-corrected chi connectivity index (χ2v) is 8.62. The number of pyridine rings is 1. The molecule has 0 bridgehead atoms. The summed E-state index contributed by atoms with van der Waals surface area (Å²) in [5.41, 5.74) is 5.19. The average Bonchev–Trinajstić information content (AvgIpc) is 3.31. The van der Waals surface area contributed by atoms with Gasteiger partial charge in [0.15, 0.2) is 11.6 Å². The lowest BCUT2D eigenvalue weighted by Crippen LogP contribution is -2.19. The minimum Gasteiger partial charge on any atom is -0.326 e. The predicted molar refractivity (Wildman–Crippen MR) is 143 cm³/mol. The summed E-state index contributed by atoms with van der Waals surface area (Å²) in [4.78, 5) is 25.3. The number of anilines is 1. The van der Waals surface area contributed by atoms with Gasteiger partial charge in [-0.3, -0.25) is 9.78 Å². The van der Waals surface area contributed by atoms with Gasteiger partial charge in [0.25, 0.3) is 5.91 Å². The molecule has 3 aromatic heterocycles. The molecule has 0 atom stereocenters. The molecule has 0 saturated heterocycles. The molecular formula is C28H25F4N7O. The second kappa shape index (κ2) is 12.0. The zero-order valence-corrected chi connectivity index (χ0v) is 21.6. The molecular weight excluding hydrogens is 526 g/mol. The SMILES string of the molecule is CCC.NCc1cnc2c(NC(=O)c3cc(-c4ncccn4)c(C(F)(F)F)cc3F)n(-c3ccccc3)nc2c1. The Kier molecular flexibility index (Phi) is 8.49. The second-order valence-electron chi connectivity index (χ2n) is 8.62. The van der Waals surface area contributed by atoms with Crippen LogP contribution < -0.4 is 11.1 Å². The molecule has 3 N–H and O–H groups in total. The number of hydrogen-bond donors (Lipinski definition) is 2. The summed E-state index contributed by atoms with van der Waals surface area (Å²) < 4.78 is 57.4. The number of fused-ring (bicyclic) bond motifs is 1. The molecule has 206 valence electrons. The van der Waals surface area contributed by atoms with Gasteiger partial charge in [-0.2, -0.15) is 18.3 Å². The van der Waals surface area contributed by atoms with Gasteiger partial charge in [-0.15, -0.1) is 0 Å². The van der Waals surface area contributed by atoms with Gasteiger partial charge in [0.2, 0.25) is 0 Å². The van der Waals surface area contributed by atoms with Crippen LogP contribution in [-0.2, 0) is 12.7 Å². The number of rotatable bonds is 5. The zero-order valence-electron chi connectivity index (χ0n) is 21.6. The van der Waals surface area contributed by atoms with Crippen LogP contribution in [0.15, 0.2) is 73.2 Å². The van der Waals surface area contributed by atoms with Crippen LogP contribution in [0.5, 0.6) is 0 Å². The number of alkyl halides is 3. The topological polar surface area (TPSA) is 112 Å². The molecule has 0 aliphatic heterocycles. The first-order valence-electron chi connectivity index (χ1n) is 12.3. The summed E-state index contributed by atoms with van der Waals surface area (Å²) in [6.45, 7) is 4.46. The third kappa shape index (κ3) is 5.96. The Morgan fingerprint density at radius 2 is 1.68 bits per heavy atom. The molecule has 1 amide bonds. The molecule has 8 nitrogen and oxygen atoms in total. The molecule has 5 rings (SSSR count). The van der Waals surface area contributed by atoms with E-state index < -0.39 is 34.6 Å². The number of nitrogens with two attached hydrogens (primary N) is 1. The van der Waals surface area contributed by atoms with Crippen molar-refractivity contribution >= 4 is 22.8 Å². The summed E-state index contributed by atoms with van der Waals surface area (Å²) in [5.74, 6) is -2.57. The van der Waals surface area contributed by atoms with E-state index in [1.165, 1.54) is 35.8 Å². The number of halogens is 4. The highest BCUT2D eigenvalue weighted by Gasteiger charge is 2.36. The van der Waals surface area contributed by atoms with E-state index in [-0.39, 0.29) is 29.8 Å². The highest BCUT2D eigenvalue weighted by molar-refractivity contribution is 6.08. The Morgan fingerprint density at radius 1 is 1.00 bits per heavy atom. The van der Waals surface area contributed by atoms with E-state index >= 15 is 0 Å². The Labute approximate surface area is 226 Å². The monoisotopic (exact) mass is 551 g/mol. The first-order chi connectivity index (χ1) is 19.2. The molecule has 40 heavy (non-hydrogen) atoms.